The second-order valence-corrected chi connectivity index (χ2v) is 10.9. The molecular formula is C29H35N4O2S+. The van der Waals surface area contributed by atoms with Gasteiger partial charge in [-0.2, -0.15) is 0 Å². The maximum atomic E-state index is 13.3. The maximum absolute atomic E-state index is 13.3. The Morgan fingerprint density at radius 3 is 2.11 bits per heavy atom. The number of nitrogens with zero attached hydrogens (tertiary/aromatic N) is 2. The van der Waals surface area contributed by atoms with Crippen LogP contribution >= 0.6 is 0 Å². The van der Waals surface area contributed by atoms with Crippen molar-refractivity contribution in [3.8, 4) is 0 Å². The number of benzene rings is 3. The SMILES string of the molecule is C[n+]1ccn(CCCCCc2ccc(S(=O)(=O)N[C@@H](c3ccccc3)[C@@H](N)c3ccccc3)cc2)c1. The standard InChI is InChI=1S/C29H35N4O2S/c1-32-21-22-33(23-32)20-10-4-5-11-24-16-18-27(19-17-24)36(34,35)31-29(26-14-8-3-9-15-26)28(30)25-12-6-2-7-13-25/h2-3,6-9,12-19,21-23,28-29,31H,4-5,10-11,20,30H2,1H3/q+1/t28-,29-/m0/s1. The summed E-state index contributed by atoms with van der Waals surface area (Å²) in [6.07, 6.45) is 10.5. The summed E-state index contributed by atoms with van der Waals surface area (Å²) < 4.78 is 33.8. The fourth-order valence-corrected chi connectivity index (χ4v) is 5.63. The third-order valence-corrected chi connectivity index (χ3v) is 7.88. The van der Waals surface area contributed by atoms with Crippen molar-refractivity contribution >= 4 is 10.0 Å². The van der Waals surface area contributed by atoms with Gasteiger partial charge in [0.1, 0.15) is 12.4 Å². The molecule has 3 aromatic carbocycles. The Morgan fingerprint density at radius 2 is 1.50 bits per heavy atom. The molecule has 0 fully saturated rings. The van der Waals surface area contributed by atoms with Gasteiger partial charge in [-0.3, -0.25) is 0 Å². The Labute approximate surface area is 214 Å². The number of nitrogens with one attached hydrogen (secondary N) is 1. The van der Waals surface area contributed by atoms with Crippen LogP contribution in [0.25, 0.3) is 0 Å². The van der Waals surface area contributed by atoms with Crippen LogP contribution in [0.2, 0.25) is 0 Å². The van der Waals surface area contributed by atoms with E-state index in [-0.39, 0.29) is 4.90 Å². The molecule has 4 rings (SSSR count). The van der Waals surface area contributed by atoms with Gasteiger partial charge in [0, 0.05) is 0 Å². The molecule has 0 saturated carbocycles. The lowest BCUT2D eigenvalue weighted by Crippen LogP contribution is -2.36. The molecule has 0 bridgehead atoms. The van der Waals surface area contributed by atoms with Crippen molar-refractivity contribution in [2.24, 2.45) is 12.8 Å². The largest absolute Gasteiger partial charge is 0.322 e. The van der Waals surface area contributed by atoms with Crippen molar-refractivity contribution in [1.82, 2.24) is 9.29 Å². The van der Waals surface area contributed by atoms with Crippen molar-refractivity contribution in [1.29, 1.82) is 0 Å². The molecule has 4 aromatic rings. The maximum Gasteiger partial charge on any atom is 0.243 e. The van der Waals surface area contributed by atoms with Crippen LogP contribution in [0.5, 0.6) is 0 Å². The summed E-state index contributed by atoms with van der Waals surface area (Å²) in [5, 5.41) is 0. The van der Waals surface area contributed by atoms with E-state index in [1.54, 1.807) is 12.1 Å². The zero-order chi connectivity index (χ0) is 25.4. The second kappa shape index (κ2) is 12.1. The molecule has 0 amide bonds. The highest BCUT2D eigenvalue weighted by atomic mass is 32.2. The molecule has 6 nitrogen and oxygen atoms in total. The smallest absolute Gasteiger partial charge is 0.243 e. The van der Waals surface area contributed by atoms with E-state index < -0.39 is 22.1 Å². The highest BCUT2D eigenvalue weighted by molar-refractivity contribution is 7.89. The van der Waals surface area contributed by atoms with Crippen LogP contribution in [-0.2, 0) is 30.0 Å². The molecule has 0 saturated heterocycles. The van der Waals surface area contributed by atoms with Crippen LogP contribution < -0.4 is 15.0 Å². The Kier molecular flexibility index (Phi) is 8.70. The monoisotopic (exact) mass is 503 g/mol. The first-order valence-corrected chi connectivity index (χ1v) is 13.9. The van der Waals surface area contributed by atoms with Gasteiger partial charge in [-0.05, 0) is 54.5 Å². The van der Waals surface area contributed by atoms with Crippen LogP contribution in [-0.4, -0.2) is 13.0 Å². The third-order valence-electron chi connectivity index (χ3n) is 6.42. The molecule has 36 heavy (non-hydrogen) atoms. The Balaban J connectivity index is 1.38. The van der Waals surface area contributed by atoms with Crippen molar-refractivity contribution in [3.63, 3.8) is 0 Å². The summed E-state index contributed by atoms with van der Waals surface area (Å²) in [6.45, 7) is 1.01. The third kappa shape index (κ3) is 6.91. The predicted molar refractivity (Wildman–Crippen MR) is 142 cm³/mol. The van der Waals surface area contributed by atoms with Crippen LogP contribution in [0.3, 0.4) is 0 Å². The molecule has 1 aromatic heterocycles. The summed E-state index contributed by atoms with van der Waals surface area (Å²) in [5.74, 6) is 0. The Morgan fingerprint density at radius 1 is 0.861 bits per heavy atom. The molecule has 0 unspecified atom stereocenters. The first kappa shape index (κ1) is 25.8. The number of unbranched alkanes of at least 4 members (excludes halogenated alkanes) is 2. The van der Waals surface area contributed by atoms with Crippen molar-refractivity contribution in [2.45, 2.75) is 49.2 Å². The Bertz CT molecular complexity index is 1320. The minimum atomic E-state index is -3.77. The van der Waals surface area contributed by atoms with Gasteiger partial charge in [-0.25, -0.2) is 22.3 Å². The quantitative estimate of drug-likeness (QED) is 0.221. The number of hydrogen-bond acceptors (Lipinski definition) is 3. The number of nitrogens with two attached hydrogens (primary N) is 1. The molecular weight excluding hydrogens is 468 g/mol. The van der Waals surface area contributed by atoms with E-state index in [4.69, 9.17) is 5.73 Å². The molecule has 0 aliphatic rings. The number of sulfonamides is 1. The van der Waals surface area contributed by atoms with E-state index in [1.165, 1.54) is 0 Å². The van der Waals surface area contributed by atoms with Gasteiger partial charge in [0.25, 0.3) is 0 Å². The van der Waals surface area contributed by atoms with E-state index in [0.717, 1.165) is 48.9 Å². The molecule has 188 valence electrons. The predicted octanol–water partition coefficient (Wildman–Crippen LogP) is 4.45. The highest BCUT2D eigenvalue weighted by Crippen LogP contribution is 2.28. The first-order valence-electron chi connectivity index (χ1n) is 12.4. The summed E-state index contributed by atoms with van der Waals surface area (Å²) in [5.41, 5.74) is 9.40. The molecule has 2 atom stereocenters. The van der Waals surface area contributed by atoms with Crippen molar-refractivity contribution in [2.75, 3.05) is 0 Å². The molecule has 3 N–H and O–H groups in total. The zero-order valence-corrected chi connectivity index (χ0v) is 21.5. The summed E-state index contributed by atoms with van der Waals surface area (Å²) in [7, 11) is -1.75. The van der Waals surface area contributed by atoms with Gasteiger partial charge in [0.05, 0.1) is 30.6 Å². The van der Waals surface area contributed by atoms with Gasteiger partial charge >= 0.3 is 0 Å². The Hall–Kier alpha value is -3.26. The summed E-state index contributed by atoms with van der Waals surface area (Å²) >= 11 is 0. The normalized spacial score (nSPS) is 13.4. The van der Waals surface area contributed by atoms with E-state index in [9.17, 15) is 8.42 Å². The fraction of sp³-hybridized carbons (Fsp3) is 0.276. The lowest BCUT2D eigenvalue weighted by molar-refractivity contribution is -0.671. The zero-order valence-electron chi connectivity index (χ0n) is 20.7. The topological polar surface area (TPSA) is 81.0 Å². The average Bonchev–Trinajstić information content (AvgIpc) is 3.33. The molecule has 0 aliphatic carbocycles. The molecule has 0 spiro atoms. The number of aryl methyl sites for hydroxylation is 3. The molecule has 0 aliphatic heterocycles. The van der Waals surface area contributed by atoms with Crippen LogP contribution in [0, 0.1) is 0 Å². The minimum absolute atomic E-state index is 0.243. The number of hydrogen-bond donors (Lipinski definition) is 2. The van der Waals surface area contributed by atoms with Gasteiger partial charge in [0.15, 0.2) is 0 Å². The van der Waals surface area contributed by atoms with E-state index in [2.05, 4.69) is 21.8 Å². The van der Waals surface area contributed by atoms with Gasteiger partial charge in [-0.15, -0.1) is 0 Å². The van der Waals surface area contributed by atoms with Crippen LogP contribution in [0.15, 0.2) is 109 Å². The summed E-state index contributed by atoms with van der Waals surface area (Å²) in [4.78, 5) is 0.243. The van der Waals surface area contributed by atoms with E-state index in [1.807, 2.05) is 90.6 Å². The molecule has 7 heteroatoms. The van der Waals surface area contributed by atoms with Gasteiger partial charge < -0.3 is 5.73 Å². The van der Waals surface area contributed by atoms with Crippen LogP contribution in [0.4, 0.5) is 0 Å². The summed E-state index contributed by atoms with van der Waals surface area (Å²) in [6, 6.07) is 25.1. The van der Waals surface area contributed by atoms with Crippen molar-refractivity contribution in [3.05, 3.63) is 120 Å². The lowest BCUT2D eigenvalue weighted by atomic mass is 9.95. The first-order chi connectivity index (χ1) is 17.4. The van der Waals surface area contributed by atoms with E-state index in [0.29, 0.717) is 0 Å². The lowest BCUT2D eigenvalue weighted by Gasteiger charge is -2.26. The van der Waals surface area contributed by atoms with Gasteiger partial charge in [-0.1, -0.05) is 72.8 Å². The molecule has 1 heterocycles. The van der Waals surface area contributed by atoms with Crippen LogP contribution in [0.1, 0.15) is 48.0 Å². The van der Waals surface area contributed by atoms with E-state index >= 15 is 0 Å². The number of rotatable bonds is 12. The number of imidazole rings is 1. The molecule has 0 radical (unpaired) electrons. The minimum Gasteiger partial charge on any atom is -0.322 e. The second-order valence-electron chi connectivity index (χ2n) is 9.22. The van der Waals surface area contributed by atoms with Crippen molar-refractivity contribution < 1.29 is 13.0 Å². The highest BCUT2D eigenvalue weighted by Gasteiger charge is 2.27. The number of aromatic nitrogens is 2. The average molecular weight is 504 g/mol. The van der Waals surface area contributed by atoms with Gasteiger partial charge in [0.2, 0.25) is 16.4 Å². The fourth-order valence-electron chi connectivity index (χ4n) is 4.38.